The molecule has 0 fully saturated rings. The van der Waals surface area contributed by atoms with Crippen molar-refractivity contribution in [3.8, 4) is 0 Å². The van der Waals surface area contributed by atoms with Crippen molar-refractivity contribution in [1.29, 1.82) is 0 Å². The maximum absolute atomic E-state index is 2.40. The van der Waals surface area contributed by atoms with Crippen molar-refractivity contribution in [3.63, 3.8) is 0 Å². The van der Waals surface area contributed by atoms with Gasteiger partial charge in [0.1, 0.15) is 0 Å². The van der Waals surface area contributed by atoms with Gasteiger partial charge in [0.25, 0.3) is 0 Å². The van der Waals surface area contributed by atoms with Crippen LogP contribution in [-0.4, -0.2) is 0 Å². The second-order valence-electron chi connectivity index (χ2n) is 6.29. The Labute approximate surface area is 111 Å². The molecule has 1 aliphatic rings. The molecule has 0 atom stereocenters. The van der Waals surface area contributed by atoms with Crippen molar-refractivity contribution >= 4 is 0 Å². The summed E-state index contributed by atoms with van der Waals surface area (Å²) in [4.78, 5) is 0. The van der Waals surface area contributed by atoms with Crippen LogP contribution in [0, 0.1) is 19.3 Å². The molecule has 0 nitrogen and oxygen atoms in total. The molecular formula is C18H24. The average molecular weight is 240 g/mol. The smallest absolute Gasteiger partial charge is 0.00288 e. The minimum atomic E-state index is 0.340. The Morgan fingerprint density at radius 2 is 1.78 bits per heavy atom. The van der Waals surface area contributed by atoms with Crippen molar-refractivity contribution in [3.05, 3.63) is 58.2 Å². The Morgan fingerprint density at radius 3 is 2.39 bits per heavy atom. The van der Waals surface area contributed by atoms with Crippen molar-refractivity contribution in [1.82, 2.24) is 0 Å². The fraction of sp³-hybridized carbons (Fsp3) is 0.444. The van der Waals surface area contributed by atoms with E-state index in [1.165, 1.54) is 27.8 Å². The Kier molecular flexibility index (Phi) is 3.47. The zero-order valence-electron chi connectivity index (χ0n) is 12.3. The van der Waals surface area contributed by atoms with Crippen molar-refractivity contribution in [2.75, 3.05) is 0 Å². The van der Waals surface area contributed by atoms with Gasteiger partial charge in [-0.3, -0.25) is 0 Å². The molecule has 0 radical (unpaired) electrons. The van der Waals surface area contributed by atoms with E-state index in [-0.39, 0.29) is 0 Å². The van der Waals surface area contributed by atoms with E-state index in [0.29, 0.717) is 5.41 Å². The molecule has 18 heavy (non-hydrogen) atoms. The van der Waals surface area contributed by atoms with Crippen LogP contribution in [0.2, 0.25) is 0 Å². The summed E-state index contributed by atoms with van der Waals surface area (Å²) in [6, 6.07) is 6.81. The standard InChI is InChI=1S/C18H24/c1-13-6-7-16(10-14(13)2)12-17-8-9-18(4,5)15(3)11-17/h6-8,10-11H,9,12H2,1-5H3. The Bertz CT molecular complexity index is 513. The molecule has 96 valence electrons. The molecule has 1 aromatic rings. The van der Waals surface area contributed by atoms with Gasteiger partial charge < -0.3 is 0 Å². The van der Waals surface area contributed by atoms with Crippen molar-refractivity contribution in [2.45, 2.75) is 47.5 Å². The molecule has 1 aliphatic carbocycles. The molecule has 0 heterocycles. The van der Waals surface area contributed by atoms with Crippen molar-refractivity contribution < 1.29 is 0 Å². The highest BCUT2D eigenvalue weighted by molar-refractivity contribution is 5.38. The molecule has 0 aliphatic heterocycles. The van der Waals surface area contributed by atoms with Crippen LogP contribution >= 0.6 is 0 Å². The largest absolute Gasteiger partial charge is 0.0801 e. The van der Waals surface area contributed by atoms with Gasteiger partial charge in [0.15, 0.2) is 0 Å². The van der Waals surface area contributed by atoms with E-state index in [9.17, 15) is 0 Å². The predicted molar refractivity (Wildman–Crippen MR) is 79.9 cm³/mol. The minimum absolute atomic E-state index is 0.340. The monoisotopic (exact) mass is 240 g/mol. The summed E-state index contributed by atoms with van der Waals surface area (Å²) < 4.78 is 0. The van der Waals surface area contributed by atoms with E-state index in [2.05, 4.69) is 65.0 Å². The van der Waals surface area contributed by atoms with Gasteiger partial charge in [-0.05, 0) is 61.3 Å². The van der Waals surface area contributed by atoms with E-state index in [1.807, 2.05) is 0 Å². The Morgan fingerprint density at radius 1 is 1.06 bits per heavy atom. The third-order valence-electron chi connectivity index (χ3n) is 4.32. The van der Waals surface area contributed by atoms with Gasteiger partial charge in [0.2, 0.25) is 0 Å². The van der Waals surface area contributed by atoms with Gasteiger partial charge >= 0.3 is 0 Å². The van der Waals surface area contributed by atoms with Gasteiger partial charge in [-0.2, -0.15) is 0 Å². The van der Waals surface area contributed by atoms with E-state index in [4.69, 9.17) is 0 Å². The number of hydrogen-bond donors (Lipinski definition) is 0. The molecule has 0 spiro atoms. The van der Waals surface area contributed by atoms with Gasteiger partial charge in [-0.25, -0.2) is 0 Å². The highest BCUT2D eigenvalue weighted by Gasteiger charge is 2.22. The first-order valence-corrected chi connectivity index (χ1v) is 6.82. The highest BCUT2D eigenvalue weighted by Crippen LogP contribution is 2.35. The fourth-order valence-corrected chi connectivity index (χ4v) is 2.35. The van der Waals surface area contributed by atoms with Gasteiger partial charge in [0.05, 0.1) is 0 Å². The van der Waals surface area contributed by atoms with Crippen molar-refractivity contribution in [2.24, 2.45) is 5.41 Å². The van der Waals surface area contributed by atoms with Crippen LogP contribution < -0.4 is 0 Å². The molecule has 0 bridgehead atoms. The first-order valence-electron chi connectivity index (χ1n) is 6.82. The van der Waals surface area contributed by atoms with E-state index >= 15 is 0 Å². The lowest BCUT2D eigenvalue weighted by molar-refractivity contribution is 0.445. The molecule has 0 N–H and O–H groups in total. The third kappa shape index (κ3) is 2.75. The molecule has 0 aromatic heterocycles. The van der Waals surface area contributed by atoms with Crippen LogP contribution in [-0.2, 0) is 6.42 Å². The third-order valence-corrected chi connectivity index (χ3v) is 4.32. The number of benzene rings is 1. The summed E-state index contributed by atoms with van der Waals surface area (Å²) in [5, 5.41) is 0. The van der Waals surface area contributed by atoms with Crippen LogP contribution in [0.1, 0.15) is 43.9 Å². The normalized spacial score (nSPS) is 18.3. The molecule has 0 unspecified atom stereocenters. The summed E-state index contributed by atoms with van der Waals surface area (Å²) in [7, 11) is 0. The molecule has 2 rings (SSSR count). The first-order chi connectivity index (χ1) is 8.38. The van der Waals surface area contributed by atoms with Crippen LogP contribution in [0.3, 0.4) is 0 Å². The summed E-state index contributed by atoms with van der Waals surface area (Å²) in [6.07, 6.45) is 7.00. The highest BCUT2D eigenvalue weighted by atomic mass is 14.3. The summed E-state index contributed by atoms with van der Waals surface area (Å²) in [5.41, 5.74) is 7.51. The average Bonchev–Trinajstić information content (AvgIpc) is 2.29. The van der Waals surface area contributed by atoms with Crippen LogP contribution in [0.25, 0.3) is 0 Å². The molecule has 1 aromatic carbocycles. The zero-order valence-corrected chi connectivity index (χ0v) is 12.3. The second-order valence-corrected chi connectivity index (χ2v) is 6.29. The lowest BCUT2D eigenvalue weighted by Crippen LogP contribution is -2.15. The SMILES string of the molecule is CC1=CC(Cc2ccc(C)c(C)c2)=CCC1(C)C. The van der Waals surface area contributed by atoms with Crippen LogP contribution in [0.4, 0.5) is 0 Å². The van der Waals surface area contributed by atoms with E-state index < -0.39 is 0 Å². The van der Waals surface area contributed by atoms with Gasteiger partial charge in [-0.15, -0.1) is 0 Å². The van der Waals surface area contributed by atoms with Crippen LogP contribution in [0.5, 0.6) is 0 Å². The number of rotatable bonds is 2. The number of hydrogen-bond acceptors (Lipinski definition) is 0. The predicted octanol–water partition coefficient (Wildman–Crippen LogP) is 5.15. The quantitative estimate of drug-likeness (QED) is 0.670. The van der Waals surface area contributed by atoms with Crippen LogP contribution in [0.15, 0.2) is 41.5 Å². The lowest BCUT2D eigenvalue weighted by atomic mass is 9.77. The topological polar surface area (TPSA) is 0 Å². The van der Waals surface area contributed by atoms with Gasteiger partial charge in [-0.1, -0.05) is 49.8 Å². The molecule has 0 heteroatoms. The molecular weight excluding hydrogens is 216 g/mol. The fourth-order valence-electron chi connectivity index (χ4n) is 2.35. The first kappa shape index (κ1) is 13.1. The second kappa shape index (κ2) is 4.76. The Hall–Kier alpha value is -1.30. The molecule has 0 saturated carbocycles. The van der Waals surface area contributed by atoms with Gasteiger partial charge in [0, 0.05) is 0 Å². The van der Waals surface area contributed by atoms with E-state index in [0.717, 1.165) is 12.8 Å². The lowest BCUT2D eigenvalue weighted by Gasteiger charge is -2.28. The summed E-state index contributed by atoms with van der Waals surface area (Å²) >= 11 is 0. The zero-order chi connectivity index (χ0) is 13.3. The molecule has 0 saturated heterocycles. The molecule has 0 amide bonds. The maximum atomic E-state index is 2.40. The minimum Gasteiger partial charge on any atom is -0.0801 e. The van der Waals surface area contributed by atoms with E-state index in [1.54, 1.807) is 0 Å². The number of aryl methyl sites for hydroxylation is 2. The Balaban J connectivity index is 2.16. The maximum Gasteiger partial charge on any atom is -0.00288 e. The number of allylic oxidation sites excluding steroid dienone is 4. The summed E-state index contributed by atoms with van der Waals surface area (Å²) in [6.45, 7) is 11.3. The summed E-state index contributed by atoms with van der Waals surface area (Å²) in [5.74, 6) is 0.